The van der Waals surface area contributed by atoms with E-state index in [0.717, 1.165) is 19.3 Å². The van der Waals surface area contributed by atoms with Gasteiger partial charge in [0.15, 0.2) is 0 Å². The molecular weight excluding hydrogens is 214 g/mol. The van der Waals surface area contributed by atoms with E-state index in [1.54, 1.807) is 4.90 Å². The normalized spacial score (nSPS) is 12.2. The summed E-state index contributed by atoms with van der Waals surface area (Å²) < 4.78 is 0. The van der Waals surface area contributed by atoms with E-state index in [-0.39, 0.29) is 5.91 Å². The number of carbonyl (C=O) groups is 1. The van der Waals surface area contributed by atoms with E-state index in [2.05, 4.69) is 26.8 Å². The van der Waals surface area contributed by atoms with Gasteiger partial charge in [-0.15, -0.1) is 0 Å². The standard InChI is InChI=1S/C13H25N3O/c1-4-5-7-12(15)13(17)16(9-6-8-14)10-11(2)3/h11-12H,4-7,9-10,15H2,1-3H3. The number of nitrogens with zero attached hydrogens (tertiary/aromatic N) is 2. The number of amides is 1. The lowest BCUT2D eigenvalue weighted by Gasteiger charge is -2.26. The summed E-state index contributed by atoms with van der Waals surface area (Å²) in [5, 5.41) is 8.59. The van der Waals surface area contributed by atoms with E-state index in [9.17, 15) is 4.79 Å². The largest absolute Gasteiger partial charge is 0.340 e. The predicted molar refractivity (Wildman–Crippen MR) is 69.1 cm³/mol. The summed E-state index contributed by atoms with van der Waals surface area (Å²) in [5.74, 6) is 0.387. The first-order valence-electron chi connectivity index (χ1n) is 6.44. The molecule has 0 saturated carbocycles. The number of carbonyl (C=O) groups excluding carboxylic acids is 1. The fourth-order valence-electron chi connectivity index (χ4n) is 1.70. The Morgan fingerprint density at radius 1 is 1.47 bits per heavy atom. The van der Waals surface area contributed by atoms with E-state index in [4.69, 9.17) is 11.0 Å². The van der Waals surface area contributed by atoms with E-state index in [0.29, 0.717) is 25.4 Å². The zero-order valence-corrected chi connectivity index (χ0v) is 11.3. The molecule has 2 N–H and O–H groups in total. The van der Waals surface area contributed by atoms with Gasteiger partial charge in [0.2, 0.25) is 5.91 Å². The third-order valence-corrected chi connectivity index (χ3v) is 2.58. The maximum atomic E-state index is 12.1. The molecular formula is C13H25N3O. The van der Waals surface area contributed by atoms with Crippen molar-refractivity contribution in [2.24, 2.45) is 11.7 Å². The third-order valence-electron chi connectivity index (χ3n) is 2.58. The molecule has 1 unspecified atom stereocenters. The highest BCUT2D eigenvalue weighted by Gasteiger charge is 2.20. The summed E-state index contributed by atoms with van der Waals surface area (Å²) in [5.41, 5.74) is 5.88. The molecule has 0 rings (SSSR count). The molecule has 0 aromatic carbocycles. The van der Waals surface area contributed by atoms with Crippen LogP contribution in [0.2, 0.25) is 0 Å². The van der Waals surface area contributed by atoms with E-state index >= 15 is 0 Å². The van der Waals surface area contributed by atoms with Crippen molar-refractivity contribution in [3.8, 4) is 6.07 Å². The molecule has 1 atom stereocenters. The number of hydrogen-bond donors (Lipinski definition) is 1. The van der Waals surface area contributed by atoms with Gasteiger partial charge in [-0.2, -0.15) is 5.26 Å². The van der Waals surface area contributed by atoms with Gasteiger partial charge >= 0.3 is 0 Å². The maximum absolute atomic E-state index is 12.1. The van der Waals surface area contributed by atoms with Gasteiger partial charge in [-0.1, -0.05) is 33.6 Å². The van der Waals surface area contributed by atoms with Gasteiger partial charge in [-0.25, -0.2) is 0 Å². The van der Waals surface area contributed by atoms with Crippen molar-refractivity contribution < 1.29 is 4.79 Å². The number of unbranched alkanes of at least 4 members (excludes halogenated alkanes) is 1. The third kappa shape index (κ3) is 6.96. The topological polar surface area (TPSA) is 70.1 Å². The second kappa shape index (κ2) is 9.00. The van der Waals surface area contributed by atoms with Crippen LogP contribution in [0.5, 0.6) is 0 Å². The van der Waals surface area contributed by atoms with Crippen LogP contribution < -0.4 is 5.73 Å². The van der Waals surface area contributed by atoms with Gasteiger partial charge < -0.3 is 10.6 Å². The van der Waals surface area contributed by atoms with Crippen molar-refractivity contribution in [3.05, 3.63) is 0 Å². The van der Waals surface area contributed by atoms with Crippen LogP contribution in [0.25, 0.3) is 0 Å². The lowest BCUT2D eigenvalue weighted by atomic mass is 10.1. The lowest BCUT2D eigenvalue weighted by Crippen LogP contribution is -2.45. The van der Waals surface area contributed by atoms with Crippen molar-refractivity contribution in [1.29, 1.82) is 5.26 Å². The van der Waals surface area contributed by atoms with Crippen LogP contribution in [0.15, 0.2) is 0 Å². The minimum atomic E-state index is -0.410. The average Bonchev–Trinajstić information content (AvgIpc) is 2.29. The highest BCUT2D eigenvalue weighted by Crippen LogP contribution is 2.06. The van der Waals surface area contributed by atoms with E-state index in [1.165, 1.54) is 0 Å². The zero-order chi connectivity index (χ0) is 13.3. The minimum Gasteiger partial charge on any atom is -0.340 e. The van der Waals surface area contributed by atoms with Crippen LogP contribution in [0.1, 0.15) is 46.5 Å². The summed E-state index contributed by atoms with van der Waals surface area (Å²) in [7, 11) is 0. The number of nitriles is 1. The van der Waals surface area contributed by atoms with Crippen LogP contribution in [0.3, 0.4) is 0 Å². The van der Waals surface area contributed by atoms with Gasteiger partial charge in [-0.05, 0) is 12.3 Å². The molecule has 4 heteroatoms. The summed E-state index contributed by atoms with van der Waals surface area (Å²) in [6.07, 6.45) is 3.12. The van der Waals surface area contributed by atoms with Gasteiger partial charge in [0.1, 0.15) is 0 Å². The highest BCUT2D eigenvalue weighted by atomic mass is 16.2. The van der Waals surface area contributed by atoms with Crippen molar-refractivity contribution in [2.75, 3.05) is 13.1 Å². The highest BCUT2D eigenvalue weighted by molar-refractivity contribution is 5.81. The molecule has 0 radical (unpaired) electrons. The van der Waals surface area contributed by atoms with Gasteiger partial charge in [0.05, 0.1) is 18.5 Å². The van der Waals surface area contributed by atoms with Crippen molar-refractivity contribution in [1.82, 2.24) is 4.90 Å². The molecule has 0 bridgehead atoms. The molecule has 0 fully saturated rings. The molecule has 17 heavy (non-hydrogen) atoms. The number of nitrogens with two attached hydrogens (primary N) is 1. The van der Waals surface area contributed by atoms with Crippen LogP contribution >= 0.6 is 0 Å². The molecule has 0 aliphatic rings. The van der Waals surface area contributed by atoms with Crippen LogP contribution in [0.4, 0.5) is 0 Å². The summed E-state index contributed by atoms with van der Waals surface area (Å²) in [4.78, 5) is 13.8. The molecule has 0 saturated heterocycles. The molecule has 0 aliphatic carbocycles. The van der Waals surface area contributed by atoms with Gasteiger partial charge in [-0.3, -0.25) is 4.79 Å². The Labute approximate surface area is 105 Å². The van der Waals surface area contributed by atoms with Crippen LogP contribution in [0, 0.1) is 17.2 Å². The first-order chi connectivity index (χ1) is 8.02. The number of rotatable bonds is 8. The zero-order valence-electron chi connectivity index (χ0n) is 11.3. The Morgan fingerprint density at radius 3 is 2.59 bits per heavy atom. The fourth-order valence-corrected chi connectivity index (χ4v) is 1.70. The Bertz CT molecular complexity index is 258. The Morgan fingerprint density at radius 2 is 2.12 bits per heavy atom. The second-order valence-electron chi connectivity index (χ2n) is 4.83. The van der Waals surface area contributed by atoms with Crippen LogP contribution in [-0.2, 0) is 4.79 Å². The van der Waals surface area contributed by atoms with Crippen molar-refractivity contribution in [2.45, 2.75) is 52.5 Å². The summed E-state index contributed by atoms with van der Waals surface area (Å²) in [6.45, 7) is 7.38. The van der Waals surface area contributed by atoms with Gasteiger partial charge in [0, 0.05) is 13.1 Å². The Hall–Kier alpha value is -1.08. The minimum absolute atomic E-state index is 0.0117. The molecule has 0 spiro atoms. The van der Waals surface area contributed by atoms with E-state index < -0.39 is 6.04 Å². The monoisotopic (exact) mass is 239 g/mol. The Balaban J connectivity index is 4.34. The number of hydrogen-bond acceptors (Lipinski definition) is 3. The average molecular weight is 239 g/mol. The van der Waals surface area contributed by atoms with Crippen molar-refractivity contribution >= 4 is 5.91 Å². The molecule has 0 aliphatic heterocycles. The quantitative estimate of drug-likeness (QED) is 0.703. The first-order valence-corrected chi connectivity index (χ1v) is 6.44. The van der Waals surface area contributed by atoms with E-state index in [1.807, 2.05) is 0 Å². The lowest BCUT2D eigenvalue weighted by molar-refractivity contribution is -0.133. The smallest absolute Gasteiger partial charge is 0.239 e. The predicted octanol–water partition coefficient (Wildman–Crippen LogP) is 1.90. The molecule has 0 aromatic heterocycles. The van der Waals surface area contributed by atoms with Gasteiger partial charge in [0.25, 0.3) is 0 Å². The molecule has 1 amide bonds. The molecule has 0 aromatic rings. The fraction of sp³-hybridized carbons (Fsp3) is 0.846. The summed E-state index contributed by atoms with van der Waals surface area (Å²) in [6, 6.07) is 1.66. The van der Waals surface area contributed by atoms with Crippen molar-refractivity contribution in [3.63, 3.8) is 0 Å². The molecule has 4 nitrogen and oxygen atoms in total. The molecule has 0 heterocycles. The maximum Gasteiger partial charge on any atom is 0.239 e. The SMILES string of the molecule is CCCCC(N)C(=O)N(CCC#N)CC(C)C. The molecule has 98 valence electrons. The first kappa shape index (κ1) is 15.9. The summed E-state index contributed by atoms with van der Waals surface area (Å²) >= 11 is 0. The second-order valence-corrected chi connectivity index (χ2v) is 4.83. The van der Waals surface area contributed by atoms with Crippen LogP contribution in [-0.4, -0.2) is 29.9 Å². The Kier molecular flexibility index (Phi) is 8.43.